The zero-order chi connectivity index (χ0) is 16.3. The molecule has 23 heavy (non-hydrogen) atoms. The summed E-state index contributed by atoms with van der Waals surface area (Å²) in [5, 5.41) is 0.00862. The average molecular weight is 329 g/mol. The maximum atomic E-state index is 12.1. The number of rotatable bonds is 5. The predicted octanol–water partition coefficient (Wildman–Crippen LogP) is 1.36. The second kappa shape index (κ2) is 6.27. The van der Waals surface area contributed by atoms with E-state index in [1.165, 1.54) is 12.5 Å². The van der Waals surface area contributed by atoms with Crippen LogP contribution in [0.15, 0.2) is 60.3 Å². The lowest BCUT2D eigenvalue weighted by Crippen LogP contribution is -2.23. The van der Waals surface area contributed by atoms with Gasteiger partial charge in [0.1, 0.15) is 0 Å². The van der Waals surface area contributed by atoms with Crippen LogP contribution in [0, 0.1) is 0 Å². The van der Waals surface area contributed by atoms with Gasteiger partial charge in [-0.2, -0.15) is 0 Å². The van der Waals surface area contributed by atoms with Crippen molar-refractivity contribution in [3.05, 3.63) is 60.8 Å². The van der Waals surface area contributed by atoms with Crippen LogP contribution in [-0.4, -0.2) is 27.9 Å². The fourth-order valence-electron chi connectivity index (χ4n) is 2.00. The molecule has 3 aromatic rings. The molecule has 0 atom stereocenters. The van der Waals surface area contributed by atoms with Gasteiger partial charge in [0.2, 0.25) is 0 Å². The largest absolute Gasteiger partial charge is 0.339 e. The minimum absolute atomic E-state index is 0.00862. The van der Waals surface area contributed by atoms with Crippen molar-refractivity contribution in [2.75, 3.05) is 0 Å². The molecule has 0 aliphatic carbocycles. The molecule has 0 aliphatic heterocycles. The minimum atomic E-state index is -3.61. The summed E-state index contributed by atoms with van der Waals surface area (Å²) >= 11 is 0. The fraction of sp³-hybridized carbons (Fsp3) is 0.133. The SMILES string of the molecule is Cn1cnc(S(=O)(=O)NCc2ccc(-c3ncccn3)cc2)c1. The number of nitrogens with one attached hydrogen (secondary N) is 1. The summed E-state index contributed by atoms with van der Waals surface area (Å²) in [5.74, 6) is 0.633. The van der Waals surface area contributed by atoms with E-state index < -0.39 is 10.0 Å². The molecule has 2 heterocycles. The summed E-state index contributed by atoms with van der Waals surface area (Å²) in [6.07, 6.45) is 6.26. The zero-order valence-electron chi connectivity index (χ0n) is 12.4. The van der Waals surface area contributed by atoms with E-state index in [4.69, 9.17) is 0 Å². The molecule has 0 bridgehead atoms. The lowest BCUT2D eigenvalue weighted by Gasteiger charge is -2.05. The van der Waals surface area contributed by atoms with Gasteiger partial charge >= 0.3 is 0 Å². The number of aromatic nitrogens is 4. The molecule has 0 spiro atoms. The predicted molar refractivity (Wildman–Crippen MR) is 84.7 cm³/mol. The third-order valence-corrected chi connectivity index (χ3v) is 4.49. The van der Waals surface area contributed by atoms with Gasteiger partial charge in [-0.05, 0) is 11.6 Å². The maximum Gasteiger partial charge on any atom is 0.259 e. The van der Waals surface area contributed by atoms with Crippen molar-refractivity contribution >= 4 is 10.0 Å². The highest BCUT2D eigenvalue weighted by Gasteiger charge is 2.16. The Labute approximate surface area is 134 Å². The van der Waals surface area contributed by atoms with Crippen LogP contribution in [0.4, 0.5) is 0 Å². The second-order valence-electron chi connectivity index (χ2n) is 4.97. The Balaban J connectivity index is 1.69. The van der Waals surface area contributed by atoms with E-state index in [9.17, 15) is 8.42 Å². The van der Waals surface area contributed by atoms with E-state index in [0.717, 1.165) is 11.1 Å². The molecule has 1 N–H and O–H groups in total. The zero-order valence-corrected chi connectivity index (χ0v) is 13.2. The summed E-state index contributed by atoms with van der Waals surface area (Å²) in [6, 6.07) is 9.16. The molecule has 8 heteroatoms. The van der Waals surface area contributed by atoms with Crippen molar-refractivity contribution in [1.29, 1.82) is 0 Å². The van der Waals surface area contributed by atoms with Crippen LogP contribution in [0.1, 0.15) is 5.56 Å². The van der Waals surface area contributed by atoms with Gasteiger partial charge in [-0.1, -0.05) is 24.3 Å². The number of aryl methyl sites for hydroxylation is 1. The molecular formula is C15H15N5O2S. The van der Waals surface area contributed by atoms with Crippen LogP contribution in [-0.2, 0) is 23.6 Å². The number of sulfonamides is 1. The second-order valence-corrected chi connectivity index (χ2v) is 6.69. The smallest absolute Gasteiger partial charge is 0.259 e. The van der Waals surface area contributed by atoms with Gasteiger partial charge in [0.15, 0.2) is 10.9 Å². The number of hydrogen-bond donors (Lipinski definition) is 1. The standard InChI is InChI=1S/C15H15N5O2S/c1-20-10-14(18-11-20)23(21,22)19-9-12-3-5-13(6-4-12)15-16-7-2-8-17-15/h2-8,10-11,19H,9H2,1H3. The Morgan fingerprint density at radius 1 is 1.09 bits per heavy atom. The number of nitrogens with zero attached hydrogens (tertiary/aromatic N) is 4. The monoisotopic (exact) mass is 329 g/mol. The Bertz CT molecular complexity index is 889. The van der Waals surface area contributed by atoms with E-state index in [2.05, 4.69) is 19.7 Å². The van der Waals surface area contributed by atoms with E-state index in [-0.39, 0.29) is 11.6 Å². The highest BCUT2D eigenvalue weighted by molar-refractivity contribution is 7.89. The molecule has 2 aromatic heterocycles. The van der Waals surface area contributed by atoms with Crippen molar-refractivity contribution in [2.24, 2.45) is 7.05 Å². The summed E-state index contributed by atoms with van der Waals surface area (Å²) in [6.45, 7) is 0.189. The van der Waals surface area contributed by atoms with Crippen molar-refractivity contribution in [1.82, 2.24) is 24.2 Å². The van der Waals surface area contributed by atoms with Gasteiger partial charge < -0.3 is 4.57 Å². The molecule has 0 saturated carbocycles. The quantitative estimate of drug-likeness (QED) is 0.763. The summed E-state index contributed by atoms with van der Waals surface area (Å²) < 4.78 is 28.3. The Morgan fingerprint density at radius 3 is 2.39 bits per heavy atom. The van der Waals surface area contributed by atoms with Crippen LogP contribution < -0.4 is 4.72 Å². The van der Waals surface area contributed by atoms with Crippen LogP contribution in [0.25, 0.3) is 11.4 Å². The highest BCUT2D eigenvalue weighted by Crippen LogP contribution is 2.15. The summed E-state index contributed by atoms with van der Waals surface area (Å²) in [7, 11) is -1.89. The van der Waals surface area contributed by atoms with Crippen molar-refractivity contribution in [3.8, 4) is 11.4 Å². The fourth-order valence-corrected chi connectivity index (χ4v) is 3.00. The first kappa shape index (κ1) is 15.3. The highest BCUT2D eigenvalue weighted by atomic mass is 32.2. The lowest BCUT2D eigenvalue weighted by atomic mass is 10.1. The molecule has 0 saturated heterocycles. The van der Waals surface area contributed by atoms with Gasteiger partial charge in [0.25, 0.3) is 10.0 Å². The van der Waals surface area contributed by atoms with Crippen molar-refractivity contribution in [2.45, 2.75) is 11.6 Å². The summed E-state index contributed by atoms with van der Waals surface area (Å²) in [5.41, 5.74) is 1.71. The van der Waals surface area contributed by atoms with E-state index >= 15 is 0 Å². The molecule has 0 fully saturated rings. The number of imidazole rings is 1. The molecule has 0 amide bonds. The molecule has 3 rings (SSSR count). The Morgan fingerprint density at radius 2 is 1.78 bits per heavy atom. The van der Waals surface area contributed by atoms with Crippen molar-refractivity contribution < 1.29 is 8.42 Å². The Kier molecular flexibility index (Phi) is 4.18. The normalized spacial score (nSPS) is 11.5. The van der Waals surface area contributed by atoms with Gasteiger partial charge in [0.05, 0.1) is 6.33 Å². The molecule has 0 aliphatic rings. The van der Waals surface area contributed by atoms with Crippen LogP contribution in [0.2, 0.25) is 0 Å². The first-order valence-corrected chi connectivity index (χ1v) is 8.37. The van der Waals surface area contributed by atoms with Gasteiger partial charge in [-0.25, -0.2) is 28.1 Å². The van der Waals surface area contributed by atoms with Gasteiger partial charge in [0, 0.05) is 37.7 Å². The van der Waals surface area contributed by atoms with E-state index in [1.54, 1.807) is 30.1 Å². The van der Waals surface area contributed by atoms with Crippen molar-refractivity contribution in [3.63, 3.8) is 0 Å². The first-order chi connectivity index (χ1) is 11.0. The topological polar surface area (TPSA) is 89.8 Å². The minimum Gasteiger partial charge on any atom is -0.339 e. The summed E-state index contributed by atoms with van der Waals surface area (Å²) in [4.78, 5) is 12.2. The first-order valence-electron chi connectivity index (χ1n) is 6.88. The maximum absolute atomic E-state index is 12.1. The van der Waals surface area contributed by atoms with Crippen LogP contribution in [0.5, 0.6) is 0 Å². The molecule has 0 radical (unpaired) electrons. The third-order valence-electron chi connectivity index (χ3n) is 3.20. The van der Waals surface area contributed by atoms with Gasteiger partial charge in [-0.15, -0.1) is 0 Å². The van der Waals surface area contributed by atoms with E-state index in [1.807, 2.05) is 24.3 Å². The lowest BCUT2D eigenvalue weighted by molar-refractivity contribution is 0.578. The molecular weight excluding hydrogens is 314 g/mol. The van der Waals surface area contributed by atoms with Crippen LogP contribution in [0.3, 0.4) is 0 Å². The Hall–Kier alpha value is -2.58. The number of hydrogen-bond acceptors (Lipinski definition) is 5. The number of benzene rings is 1. The van der Waals surface area contributed by atoms with E-state index in [0.29, 0.717) is 5.82 Å². The van der Waals surface area contributed by atoms with Crippen LogP contribution >= 0.6 is 0 Å². The molecule has 0 unspecified atom stereocenters. The third kappa shape index (κ3) is 3.61. The molecule has 118 valence electrons. The van der Waals surface area contributed by atoms with Gasteiger partial charge in [-0.3, -0.25) is 0 Å². The average Bonchev–Trinajstić information content (AvgIpc) is 3.02. The molecule has 1 aromatic carbocycles. The molecule has 7 nitrogen and oxygen atoms in total.